The van der Waals surface area contributed by atoms with Gasteiger partial charge in [-0.1, -0.05) is 0 Å². The standard InChI is InChI=1S/C21H21N3O3S/c1-4-27-21(26)19-13-22-24(14(19)2)17-9-5-15(6-10-17)20(25)23-16-7-11-18(28-3)12-8-16/h5-13H,4H2,1-3H3,(H,23,25). The zero-order valence-corrected chi connectivity index (χ0v) is 16.7. The highest BCUT2D eigenvalue weighted by Gasteiger charge is 2.16. The summed E-state index contributed by atoms with van der Waals surface area (Å²) in [6.45, 7) is 3.88. The maximum absolute atomic E-state index is 12.4. The molecule has 0 unspecified atom stereocenters. The van der Waals surface area contributed by atoms with Crippen molar-refractivity contribution in [1.82, 2.24) is 9.78 Å². The van der Waals surface area contributed by atoms with Gasteiger partial charge in [-0.3, -0.25) is 4.79 Å². The largest absolute Gasteiger partial charge is 0.462 e. The molecule has 0 saturated heterocycles. The van der Waals surface area contributed by atoms with Gasteiger partial charge in [-0.15, -0.1) is 11.8 Å². The molecule has 0 saturated carbocycles. The smallest absolute Gasteiger partial charge is 0.341 e. The van der Waals surface area contributed by atoms with Gasteiger partial charge in [0.1, 0.15) is 5.56 Å². The Morgan fingerprint density at radius 2 is 1.79 bits per heavy atom. The minimum absolute atomic E-state index is 0.187. The average Bonchev–Trinajstić information content (AvgIpc) is 3.10. The molecule has 3 aromatic rings. The Kier molecular flexibility index (Phi) is 6.16. The van der Waals surface area contributed by atoms with E-state index in [9.17, 15) is 9.59 Å². The van der Waals surface area contributed by atoms with Crippen molar-refractivity contribution in [2.24, 2.45) is 0 Å². The molecule has 0 fully saturated rings. The van der Waals surface area contributed by atoms with Crippen LogP contribution in [0.5, 0.6) is 0 Å². The van der Waals surface area contributed by atoms with Crippen LogP contribution in [0.2, 0.25) is 0 Å². The molecule has 7 heteroatoms. The topological polar surface area (TPSA) is 73.2 Å². The second kappa shape index (κ2) is 8.75. The molecule has 0 bridgehead atoms. The van der Waals surface area contributed by atoms with Crippen molar-refractivity contribution in [2.45, 2.75) is 18.7 Å². The van der Waals surface area contributed by atoms with Gasteiger partial charge in [0, 0.05) is 16.1 Å². The van der Waals surface area contributed by atoms with E-state index in [1.807, 2.05) is 30.5 Å². The Balaban J connectivity index is 1.74. The lowest BCUT2D eigenvalue weighted by molar-refractivity contribution is 0.0525. The summed E-state index contributed by atoms with van der Waals surface area (Å²) in [5.74, 6) is -0.581. The predicted molar refractivity (Wildman–Crippen MR) is 110 cm³/mol. The highest BCUT2D eigenvalue weighted by molar-refractivity contribution is 7.98. The maximum Gasteiger partial charge on any atom is 0.341 e. The Morgan fingerprint density at radius 1 is 1.11 bits per heavy atom. The molecule has 1 amide bonds. The van der Waals surface area contributed by atoms with Crippen LogP contribution >= 0.6 is 11.8 Å². The summed E-state index contributed by atoms with van der Waals surface area (Å²) in [4.78, 5) is 25.5. The molecule has 0 atom stereocenters. The van der Waals surface area contributed by atoms with Crippen molar-refractivity contribution in [3.63, 3.8) is 0 Å². The van der Waals surface area contributed by atoms with Gasteiger partial charge in [-0.2, -0.15) is 5.10 Å². The van der Waals surface area contributed by atoms with Gasteiger partial charge >= 0.3 is 5.97 Å². The van der Waals surface area contributed by atoms with Crippen LogP contribution in [0, 0.1) is 6.92 Å². The number of thioether (sulfide) groups is 1. The molecule has 1 aromatic heterocycles. The molecule has 0 aliphatic heterocycles. The lowest BCUT2D eigenvalue weighted by atomic mass is 10.2. The first-order valence-electron chi connectivity index (χ1n) is 8.81. The van der Waals surface area contributed by atoms with E-state index in [4.69, 9.17) is 4.74 Å². The number of benzene rings is 2. The highest BCUT2D eigenvalue weighted by atomic mass is 32.2. The van der Waals surface area contributed by atoms with Gasteiger partial charge in [0.25, 0.3) is 5.91 Å². The van der Waals surface area contributed by atoms with Crippen LogP contribution in [0.25, 0.3) is 5.69 Å². The minimum atomic E-state index is -0.394. The van der Waals surface area contributed by atoms with Crippen LogP contribution < -0.4 is 5.32 Å². The van der Waals surface area contributed by atoms with Crippen LogP contribution in [0.1, 0.15) is 33.3 Å². The number of ether oxygens (including phenoxy) is 1. The number of nitrogens with zero attached hydrogens (tertiary/aromatic N) is 2. The van der Waals surface area contributed by atoms with Crippen LogP contribution in [0.15, 0.2) is 59.6 Å². The minimum Gasteiger partial charge on any atom is -0.462 e. The van der Waals surface area contributed by atoms with Crippen molar-refractivity contribution < 1.29 is 14.3 Å². The highest BCUT2D eigenvalue weighted by Crippen LogP contribution is 2.19. The zero-order chi connectivity index (χ0) is 20.1. The third-order valence-electron chi connectivity index (χ3n) is 4.23. The van der Waals surface area contributed by atoms with Gasteiger partial charge in [-0.05, 0) is 68.6 Å². The molecule has 0 aliphatic rings. The predicted octanol–water partition coefficient (Wildman–Crippen LogP) is 4.33. The van der Waals surface area contributed by atoms with Crippen molar-refractivity contribution in [3.8, 4) is 5.69 Å². The second-order valence-electron chi connectivity index (χ2n) is 6.01. The summed E-state index contributed by atoms with van der Waals surface area (Å²) in [5.41, 5.74) is 3.15. The molecule has 0 aliphatic carbocycles. The van der Waals surface area contributed by atoms with E-state index in [1.165, 1.54) is 6.20 Å². The van der Waals surface area contributed by atoms with Crippen LogP contribution in [-0.2, 0) is 4.74 Å². The lowest BCUT2D eigenvalue weighted by Crippen LogP contribution is -2.12. The molecule has 1 heterocycles. The van der Waals surface area contributed by atoms with E-state index in [1.54, 1.807) is 54.6 Å². The summed E-state index contributed by atoms with van der Waals surface area (Å²) in [5, 5.41) is 7.14. The van der Waals surface area contributed by atoms with Gasteiger partial charge < -0.3 is 10.1 Å². The van der Waals surface area contributed by atoms with Crippen LogP contribution in [-0.4, -0.2) is 34.5 Å². The Bertz CT molecular complexity index is 979. The van der Waals surface area contributed by atoms with Gasteiger partial charge in [0.15, 0.2) is 0 Å². The van der Waals surface area contributed by atoms with Gasteiger partial charge in [0.05, 0.1) is 24.2 Å². The number of carbonyl (C=O) groups excluding carboxylic acids is 2. The van der Waals surface area contributed by atoms with E-state index in [0.717, 1.165) is 16.3 Å². The third kappa shape index (κ3) is 4.26. The number of amides is 1. The summed E-state index contributed by atoms with van der Waals surface area (Å²) in [7, 11) is 0. The summed E-state index contributed by atoms with van der Waals surface area (Å²) in [6.07, 6.45) is 3.50. The second-order valence-corrected chi connectivity index (χ2v) is 6.89. The molecule has 0 spiro atoms. The normalized spacial score (nSPS) is 10.5. The first-order valence-corrected chi connectivity index (χ1v) is 10.0. The maximum atomic E-state index is 12.4. The summed E-state index contributed by atoms with van der Waals surface area (Å²) in [6, 6.07) is 14.7. The summed E-state index contributed by atoms with van der Waals surface area (Å²) < 4.78 is 6.68. The van der Waals surface area contributed by atoms with Crippen LogP contribution in [0.4, 0.5) is 5.69 Å². The van der Waals surface area contributed by atoms with Crippen molar-refractivity contribution >= 4 is 29.3 Å². The van der Waals surface area contributed by atoms with Crippen molar-refractivity contribution in [2.75, 3.05) is 18.2 Å². The monoisotopic (exact) mass is 395 g/mol. The molecule has 6 nitrogen and oxygen atoms in total. The van der Waals surface area contributed by atoms with Gasteiger partial charge in [0.2, 0.25) is 0 Å². The molecular weight excluding hydrogens is 374 g/mol. The van der Waals surface area contributed by atoms with E-state index in [0.29, 0.717) is 23.4 Å². The number of hydrogen-bond acceptors (Lipinski definition) is 5. The molecule has 1 N–H and O–H groups in total. The van der Waals surface area contributed by atoms with Crippen molar-refractivity contribution in [3.05, 3.63) is 71.5 Å². The number of nitrogens with one attached hydrogen (secondary N) is 1. The Labute approximate surface area is 167 Å². The number of anilines is 1. The first kappa shape index (κ1) is 19.7. The number of esters is 1. The number of hydrogen-bond donors (Lipinski definition) is 1. The number of carbonyl (C=O) groups is 2. The van der Waals surface area contributed by atoms with Crippen LogP contribution in [0.3, 0.4) is 0 Å². The molecule has 0 radical (unpaired) electrons. The molecule has 28 heavy (non-hydrogen) atoms. The number of aromatic nitrogens is 2. The lowest BCUT2D eigenvalue weighted by Gasteiger charge is -2.08. The fraction of sp³-hybridized carbons (Fsp3) is 0.190. The summed E-state index contributed by atoms with van der Waals surface area (Å²) >= 11 is 1.65. The Hall–Kier alpha value is -3.06. The zero-order valence-electron chi connectivity index (χ0n) is 15.9. The van der Waals surface area contributed by atoms with Crippen molar-refractivity contribution in [1.29, 1.82) is 0 Å². The number of rotatable bonds is 6. The molecular formula is C21H21N3O3S. The van der Waals surface area contributed by atoms with E-state index >= 15 is 0 Å². The Morgan fingerprint density at radius 3 is 2.39 bits per heavy atom. The van der Waals surface area contributed by atoms with E-state index < -0.39 is 5.97 Å². The third-order valence-corrected chi connectivity index (χ3v) is 4.97. The average molecular weight is 395 g/mol. The fourth-order valence-corrected chi connectivity index (χ4v) is 3.12. The molecule has 144 valence electrons. The molecule has 3 rings (SSSR count). The SMILES string of the molecule is CCOC(=O)c1cnn(-c2ccc(C(=O)Nc3ccc(SC)cc3)cc2)c1C. The van der Waals surface area contributed by atoms with E-state index in [2.05, 4.69) is 10.4 Å². The molecule has 2 aromatic carbocycles. The quantitative estimate of drug-likeness (QED) is 0.497. The fourth-order valence-electron chi connectivity index (χ4n) is 2.71. The van der Waals surface area contributed by atoms with Gasteiger partial charge in [-0.25, -0.2) is 9.48 Å². The van der Waals surface area contributed by atoms with E-state index in [-0.39, 0.29) is 5.91 Å². The first-order chi connectivity index (χ1) is 13.5.